The molecule has 0 bridgehead atoms. The van der Waals surface area contributed by atoms with E-state index in [-0.39, 0.29) is 5.56 Å². The Morgan fingerprint density at radius 3 is 2.59 bits per heavy atom. The van der Waals surface area contributed by atoms with Crippen LogP contribution in [0.1, 0.15) is 37.9 Å². The molecule has 0 fully saturated rings. The molecular weight excluding hydrogens is 223 g/mol. The summed E-state index contributed by atoms with van der Waals surface area (Å²) in [4.78, 5) is 11.0. The zero-order valence-electron chi connectivity index (χ0n) is 9.77. The summed E-state index contributed by atoms with van der Waals surface area (Å²) in [5.41, 5.74) is 0.0519. The monoisotopic (exact) mass is 240 g/mol. The number of benzene rings is 1. The lowest BCUT2D eigenvalue weighted by Crippen LogP contribution is -2.22. The van der Waals surface area contributed by atoms with Gasteiger partial charge in [0, 0.05) is 5.56 Å². The number of carboxylic acids is 1. The van der Waals surface area contributed by atoms with Crippen molar-refractivity contribution in [2.24, 2.45) is 5.92 Å². The van der Waals surface area contributed by atoms with Crippen molar-refractivity contribution in [3.8, 4) is 0 Å². The van der Waals surface area contributed by atoms with Gasteiger partial charge in [0.15, 0.2) is 0 Å². The van der Waals surface area contributed by atoms with Crippen LogP contribution in [-0.2, 0) is 4.79 Å². The molecule has 0 saturated carbocycles. The van der Waals surface area contributed by atoms with Gasteiger partial charge in [-0.15, -0.1) is 0 Å². The molecule has 2 N–H and O–H groups in total. The van der Waals surface area contributed by atoms with Gasteiger partial charge in [-0.2, -0.15) is 0 Å². The van der Waals surface area contributed by atoms with Gasteiger partial charge in [0.1, 0.15) is 5.82 Å². The Bertz CT molecular complexity index is 379. The van der Waals surface area contributed by atoms with Crippen LogP contribution in [0.15, 0.2) is 24.3 Å². The van der Waals surface area contributed by atoms with Crippen LogP contribution >= 0.6 is 0 Å². The number of aliphatic carboxylic acids is 1. The van der Waals surface area contributed by atoms with Crippen LogP contribution in [0.25, 0.3) is 0 Å². The number of hydrogen-bond acceptors (Lipinski definition) is 2. The van der Waals surface area contributed by atoms with Gasteiger partial charge in [-0.3, -0.25) is 4.79 Å². The molecule has 17 heavy (non-hydrogen) atoms. The fourth-order valence-electron chi connectivity index (χ4n) is 1.77. The number of aliphatic hydroxyl groups excluding tert-OH is 1. The summed E-state index contributed by atoms with van der Waals surface area (Å²) in [6.45, 7) is 1.94. The quantitative estimate of drug-likeness (QED) is 0.803. The molecular formula is C13H17FO3. The minimum Gasteiger partial charge on any atom is -0.481 e. The summed E-state index contributed by atoms with van der Waals surface area (Å²) in [7, 11) is 0. The zero-order valence-corrected chi connectivity index (χ0v) is 9.77. The first-order valence-electron chi connectivity index (χ1n) is 5.73. The highest BCUT2D eigenvalue weighted by molar-refractivity contribution is 5.71. The highest BCUT2D eigenvalue weighted by Crippen LogP contribution is 2.28. The van der Waals surface area contributed by atoms with Gasteiger partial charge in [0.25, 0.3) is 0 Å². The van der Waals surface area contributed by atoms with Crippen LogP contribution in [0.3, 0.4) is 0 Å². The predicted octanol–water partition coefficient (Wildman–Crippen LogP) is 2.75. The van der Waals surface area contributed by atoms with Gasteiger partial charge in [-0.05, 0) is 12.5 Å². The lowest BCUT2D eigenvalue weighted by Gasteiger charge is -2.19. The second-order valence-corrected chi connectivity index (χ2v) is 4.05. The number of aliphatic hydroxyl groups is 1. The summed E-state index contributed by atoms with van der Waals surface area (Å²) in [5.74, 6) is -2.61. The Balaban J connectivity index is 2.88. The third kappa shape index (κ3) is 3.53. The molecule has 4 heteroatoms. The lowest BCUT2D eigenvalue weighted by atomic mass is 9.91. The number of halogens is 1. The van der Waals surface area contributed by atoms with Crippen molar-refractivity contribution in [3.63, 3.8) is 0 Å². The predicted molar refractivity (Wildman–Crippen MR) is 62.0 cm³/mol. The van der Waals surface area contributed by atoms with E-state index < -0.39 is 23.8 Å². The third-order valence-electron chi connectivity index (χ3n) is 2.79. The third-order valence-corrected chi connectivity index (χ3v) is 2.79. The smallest absolute Gasteiger partial charge is 0.309 e. The van der Waals surface area contributed by atoms with Crippen LogP contribution < -0.4 is 0 Å². The van der Waals surface area contributed by atoms with E-state index >= 15 is 0 Å². The maximum absolute atomic E-state index is 13.4. The van der Waals surface area contributed by atoms with Crippen molar-refractivity contribution >= 4 is 5.97 Å². The van der Waals surface area contributed by atoms with Gasteiger partial charge in [0.05, 0.1) is 12.0 Å². The van der Waals surface area contributed by atoms with E-state index in [9.17, 15) is 14.3 Å². The molecule has 3 nitrogen and oxygen atoms in total. The first kappa shape index (κ1) is 13.6. The molecule has 0 aliphatic heterocycles. The highest BCUT2D eigenvalue weighted by atomic mass is 19.1. The summed E-state index contributed by atoms with van der Waals surface area (Å²) in [6.07, 6.45) is 0.595. The van der Waals surface area contributed by atoms with Crippen LogP contribution in [-0.4, -0.2) is 16.2 Å². The Morgan fingerprint density at radius 2 is 2.06 bits per heavy atom. The molecule has 1 aromatic carbocycles. The maximum Gasteiger partial charge on any atom is 0.309 e. The highest BCUT2D eigenvalue weighted by Gasteiger charge is 2.28. The Labute approximate surface area is 99.9 Å². The minimum absolute atomic E-state index is 0.0519. The molecule has 0 spiro atoms. The molecule has 1 rings (SSSR count). The zero-order chi connectivity index (χ0) is 12.8. The fraction of sp³-hybridized carbons (Fsp3) is 0.462. The molecule has 2 unspecified atom stereocenters. The van der Waals surface area contributed by atoms with Gasteiger partial charge in [-0.1, -0.05) is 38.0 Å². The summed E-state index contributed by atoms with van der Waals surface area (Å²) in [6, 6.07) is 5.73. The van der Waals surface area contributed by atoms with Gasteiger partial charge in [-0.25, -0.2) is 4.39 Å². The van der Waals surface area contributed by atoms with E-state index in [4.69, 9.17) is 5.11 Å². The first-order valence-corrected chi connectivity index (χ1v) is 5.73. The van der Waals surface area contributed by atoms with E-state index in [1.807, 2.05) is 6.92 Å². The van der Waals surface area contributed by atoms with E-state index in [0.29, 0.717) is 12.8 Å². The van der Waals surface area contributed by atoms with Crippen molar-refractivity contribution in [2.45, 2.75) is 32.3 Å². The molecule has 0 heterocycles. The number of rotatable bonds is 6. The van der Waals surface area contributed by atoms with Gasteiger partial charge in [0.2, 0.25) is 0 Å². The van der Waals surface area contributed by atoms with Gasteiger partial charge < -0.3 is 10.2 Å². The number of unbranched alkanes of at least 4 members (excludes halogenated alkanes) is 1. The fourth-order valence-corrected chi connectivity index (χ4v) is 1.77. The Hall–Kier alpha value is -1.42. The molecule has 0 amide bonds. The van der Waals surface area contributed by atoms with Crippen LogP contribution in [0.5, 0.6) is 0 Å². The average molecular weight is 240 g/mol. The Kier molecular flexibility index (Phi) is 5.10. The normalized spacial score (nSPS) is 14.3. The van der Waals surface area contributed by atoms with Crippen LogP contribution in [0.2, 0.25) is 0 Å². The SMILES string of the molecule is CCCCC(C(=O)O)C(O)c1ccccc1F. The van der Waals surface area contributed by atoms with Crippen LogP contribution in [0, 0.1) is 11.7 Å². The van der Waals surface area contributed by atoms with E-state index in [2.05, 4.69) is 0 Å². The average Bonchev–Trinajstić information content (AvgIpc) is 2.29. The standard InChI is InChI=1S/C13H17FO3/c1-2-3-6-10(13(16)17)12(15)9-7-4-5-8-11(9)14/h4-5,7-8,10,12,15H,2-3,6H2,1H3,(H,16,17). The first-order chi connectivity index (χ1) is 8.07. The van der Waals surface area contributed by atoms with Gasteiger partial charge >= 0.3 is 5.97 Å². The number of hydrogen-bond donors (Lipinski definition) is 2. The van der Waals surface area contributed by atoms with E-state index in [1.165, 1.54) is 18.2 Å². The molecule has 2 atom stereocenters. The topological polar surface area (TPSA) is 57.5 Å². The summed E-state index contributed by atoms with van der Waals surface area (Å²) < 4.78 is 13.4. The van der Waals surface area contributed by atoms with Crippen molar-refractivity contribution in [1.82, 2.24) is 0 Å². The van der Waals surface area contributed by atoms with Crippen molar-refractivity contribution < 1.29 is 19.4 Å². The van der Waals surface area contributed by atoms with E-state index in [1.54, 1.807) is 6.07 Å². The summed E-state index contributed by atoms with van der Waals surface area (Å²) in [5, 5.41) is 19.0. The molecule has 0 aromatic heterocycles. The molecule has 94 valence electrons. The molecule has 0 aliphatic carbocycles. The minimum atomic E-state index is -1.29. The number of carboxylic acid groups (broad SMARTS) is 1. The molecule has 0 radical (unpaired) electrons. The van der Waals surface area contributed by atoms with Crippen molar-refractivity contribution in [2.75, 3.05) is 0 Å². The van der Waals surface area contributed by atoms with E-state index in [0.717, 1.165) is 6.42 Å². The van der Waals surface area contributed by atoms with Crippen LogP contribution in [0.4, 0.5) is 4.39 Å². The van der Waals surface area contributed by atoms with Crippen molar-refractivity contribution in [3.05, 3.63) is 35.6 Å². The Morgan fingerprint density at radius 1 is 1.41 bits per heavy atom. The molecule has 1 aromatic rings. The summed E-state index contributed by atoms with van der Waals surface area (Å²) >= 11 is 0. The molecule has 0 saturated heterocycles. The van der Waals surface area contributed by atoms with Crippen molar-refractivity contribution in [1.29, 1.82) is 0 Å². The maximum atomic E-state index is 13.4. The second-order valence-electron chi connectivity index (χ2n) is 4.05. The largest absolute Gasteiger partial charge is 0.481 e. The molecule has 0 aliphatic rings. The lowest BCUT2D eigenvalue weighted by molar-refractivity contribution is -0.146. The number of carbonyl (C=O) groups is 1. The second kappa shape index (κ2) is 6.35.